The van der Waals surface area contributed by atoms with E-state index in [4.69, 9.17) is 0 Å². The maximum atomic E-state index is 4.04. The molecule has 0 aliphatic rings. The maximum Gasteiger partial charge on any atom is -0.0323 e. The lowest BCUT2D eigenvalue weighted by molar-refractivity contribution is 0.602. The lowest BCUT2D eigenvalue weighted by Gasteiger charge is -2.03. The van der Waals surface area contributed by atoms with Crippen LogP contribution in [0.25, 0.3) is 0 Å². The van der Waals surface area contributed by atoms with E-state index >= 15 is 0 Å². The van der Waals surface area contributed by atoms with Gasteiger partial charge in [0.05, 0.1) is 0 Å². The SMILES string of the molecule is [CH2]CCC(=C)CCCCCCCC. The van der Waals surface area contributed by atoms with Gasteiger partial charge in [0.1, 0.15) is 0 Å². The Hall–Kier alpha value is -0.260. The smallest absolute Gasteiger partial charge is 0.0323 e. The van der Waals surface area contributed by atoms with Crippen molar-refractivity contribution in [1.29, 1.82) is 0 Å². The zero-order chi connectivity index (χ0) is 9.94. The first-order chi connectivity index (χ1) is 6.31. The van der Waals surface area contributed by atoms with Crippen LogP contribution in [0, 0.1) is 6.92 Å². The Kier molecular flexibility index (Phi) is 9.63. The zero-order valence-corrected chi connectivity index (χ0v) is 9.28. The highest BCUT2D eigenvalue weighted by Crippen LogP contribution is 2.13. The molecule has 0 nitrogen and oxygen atoms in total. The van der Waals surface area contributed by atoms with Crippen molar-refractivity contribution < 1.29 is 0 Å². The zero-order valence-electron chi connectivity index (χ0n) is 9.28. The summed E-state index contributed by atoms with van der Waals surface area (Å²) in [6, 6.07) is 0. The van der Waals surface area contributed by atoms with Gasteiger partial charge in [-0.3, -0.25) is 0 Å². The largest absolute Gasteiger partial charge is 0.0999 e. The standard InChI is InChI=1S/C13H25/c1-4-6-7-8-9-10-12-13(3)11-5-2/h2-12H2,1H3. The minimum absolute atomic E-state index is 1.01. The van der Waals surface area contributed by atoms with E-state index in [9.17, 15) is 0 Å². The van der Waals surface area contributed by atoms with Gasteiger partial charge in [0.15, 0.2) is 0 Å². The summed E-state index contributed by atoms with van der Waals surface area (Å²) in [6.45, 7) is 10.1. The third kappa shape index (κ3) is 9.66. The number of unbranched alkanes of at least 4 members (excludes halogenated alkanes) is 5. The van der Waals surface area contributed by atoms with E-state index in [0.717, 1.165) is 12.8 Å². The quantitative estimate of drug-likeness (QED) is 0.350. The summed E-state index contributed by atoms with van der Waals surface area (Å²) >= 11 is 0. The van der Waals surface area contributed by atoms with Crippen molar-refractivity contribution in [2.45, 2.75) is 64.7 Å². The summed E-state index contributed by atoms with van der Waals surface area (Å²) < 4.78 is 0. The van der Waals surface area contributed by atoms with E-state index in [-0.39, 0.29) is 0 Å². The van der Waals surface area contributed by atoms with Crippen molar-refractivity contribution in [3.05, 3.63) is 19.1 Å². The number of rotatable bonds is 9. The molecule has 13 heavy (non-hydrogen) atoms. The highest BCUT2D eigenvalue weighted by Gasteiger charge is 1.93. The first-order valence-corrected chi connectivity index (χ1v) is 5.77. The van der Waals surface area contributed by atoms with Crippen molar-refractivity contribution in [1.82, 2.24) is 0 Å². The average Bonchev–Trinajstić information content (AvgIpc) is 2.11. The van der Waals surface area contributed by atoms with E-state index in [1.54, 1.807) is 0 Å². The molecular formula is C13H25. The molecule has 0 atom stereocenters. The molecule has 0 aliphatic carbocycles. The molecule has 0 N–H and O–H groups in total. The molecule has 0 aliphatic heterocycles. The van der Waals surface area contributed by atoms with Gasteiger partial charge in [-0.25, -0.2) is 0 Å². The first-order valence-electron chi connectivity index (χ1n) is 5.77. The highest BCUT2D eigenvalue weighted by molar-refractivity contribution is 4.93. The van der Waals surface area contributed by atoms with Crippen LogP contribution in [-0.4, -0.2) is 0 Å². The molecule has 0 aromatic rings. The van der Waals surface area contributed by atoms with E-state index in [1.165, 1.54) is 50.5 Å². The lowest BCUT2D eigenvalue weighted by atomic mass is 10.0. The molecule has 0 fully saturated rings. The van der Waals surface area contributed by atoms with Gasteiger partial charge >= 0.3 is 0 Å². The van der Waals surface area contributed by atoms with Crippen LogP contribution in [-0.2, 0) is 0 Å². The Morgan fingerprint density at radius 2 is 1.54 bits per heavy atom. The maximum absolute atomic E-state index is 4.04. The fourth-order valence-electron chi connectivity index (χ4n) is 1.53. The minimum Gasteiger partial charge on any atom is -0.0999 e. The molecule has 0 unspecified atom stereocenters. The third-order valence-electron chi connectivity index (χ3n) is 2.41. The van der Waals surface area contributed by atoms with Gasteiger partial charge in [-0.15, -0.1) is 0 Å². The van der Waals surface area contributed by atoms with Crippen LogP contribution in [0.5, 0.6) is 0 Å². The van der Waals surface area contributed by atoms with Crippen molar-refractivity contribution in [3.8, 4) is 0 Å². The summed E-state index contributed by atoms with van der Waals surface area (Å²) in [6.07, 6.45) is 11.6. The molecule has 0 rings (SSSR count). The molecule has 0 saturated carbocycles. The molecule has 0 bridgehead atoms. The molecule has 0 heteroatoms. The molecular weight excluding hydrogens is 156 g/mol. The lowest BCUT2D eigenvalue weighted by Crippen LogP contribution is -1.83. The molecule has 0 heterocycles. The number of hydrogen-bond donors (Lipinski definition) is 0. The van der Waals surface area contributed by atoms with Gasteiger partial charge < -0.3 is 0 Å². The van der Waals surface area contributed by atoms with E-state index < -0.39 is 0 Å². The average molecular weight is 181 g/mol. The second-order valence-corrected chi connectivity index (χ2v) is 3.87. The Labute approximate surface area is 84.4 Å². The van der Waals surface area contributed by atoms with Crippen LogP contribution in [0.3, 0.4) is 0 Å². The van der Waals surface area contributed by atoms with E-state index in [2.05, 4.69) is 20.4 Å². The Morgan fingerprint density at radius 3 is 2.15 bits per heavy atom. The molecule has 0 spiro atoms. The van der Waals surface area contributed by atoms with Crippen LogP contribution in [0.1, 0.15) is 64.7 Å². The highest BCUT2D eigenvalue weighted by atomic mass is 14.0. The van der Waals surface area contributed by atoms with Gasteiger partial charge in [-0.05, 0) is 25.7 Å². The Bertz CT molecular complexity index is 113. The fraction of sp³-hybridized carbons (Fsp3) is 0.769. The normalized spacial score (nSPS) is 10.3. The second kappa shape index (κ2) is 9.83. The molecule has 0 saturated heterocycles. The van der Waals surface area contributed by atoms with Crippen molar-refractivity contribution in [3.63, 3.8) is 0 Å². The minimum atomic E-state index is 1.01. The van der Waals surface area contributed by atoms with E-state index in [1.807, 2.05) is 0 Å². The molecule has 77 valence electrons. The van der Waals surface area contributed by atoms with Crippen LogP contribution in [0.4, 0.5) is 0 Å². The van der Waals surface area contributed by atoms with Gasteiger partial charge in [0.25, 0.3) is 0 Å². The predicted octanol–water partition coefficient (Wildman–Crippen LogP) is 4.91. The summed E-state index contributed by atoms with van der Waals surface area (Å²) in [5.74, 6) is 0. The first kappa shape index (κ1) is 12.7. The van der Waals surface area contributed by atoms with Gasteiger partial charge in [0.2, 0.25) is 0 Å². The van der Waals surface area contributed by atoms with Crippen LogP contribution >= 0.6 is 0 Å². The number of hydrogen-bond acceptors (Lipinski definition) is 0. The Balaban J connectivity index is 3.02. The predicted molar refractivity (Wildman–Crippen MR) is 61.7 cm³/mol. The van der Waals surface area contributed by atoms with Crippen molar-refractivity contribution in [2.75, 3.05) is 0 Å². The summed E-state index contributed by atoms with van der Waals surface area (Å²) in [4.78, 5) is 0. The summed E-state index contributed by atoms with van der Waals surface area (Å²) in [7, 11) is 0. The van der Waals surface area contributed by atoms with Crippen LogP contribution < -0.4 is 0 Å². The monoisotopic (exact) mass is 181 g/mol. The van der Waals surface area contributed by atoms with Crippen LogP contribution in [0.2, 0.25) is 0 Å². The third-order valence-corrected chi connectivity index (χ3v) is 2.41. The fourth-order valence-corrected chi connectivity index (χ4v) is 1.53. The molecule has 0 amide bonds. The van der Waals surface area contributed by atoms with Crippen molar-refractivity contribution >= 4 is 0 Å². The van der Waals surface area contributed by atoms with Gasteiger partial charge in [-0.1, -0.05) is 58.1 Å². The topological polar surface area (TPSA) is 0 Å². The van der Waals surface area contributed by atoms with Crippen molar-refractivity contribution in [2.24, 2.45) is 0 Å². The molecule has 1 radical (unpaired) electrons. The van der Waals surface area contributed by atoms with Crippen LogP contribution in [0.15, 0.2) is 12.2 Å². The van der Waals surface area contributed by atoms with Gasteiger partial charge in [-0.2, -0.15) is 0 Å². The van der Waals surface area contributed by atoms with Gasteiger partial charge in [0, 0.05) is 0 Å². The summed E-state index contributed by atoms with van der Waals surface area (Å²) in [5.41, 5.74) is 1.39. The summed E-state index contributed by atoms with van der Waals surface area (Å²) in [5, 5.41) is 0. The second-order valence-electron chi connectivity index (χ2n) is 3.87. The molecule has 0 aromatic heterocycles. The van der Waals surface area contributed by atoms with E-state index in [0.29, 0.717) is 0 Å². The molecule has 0 aromatic carbocycles. The Morgan fingerprint density at radius 1 is 0.923 bits per heavy atom. The number of allylic oxidation sites excluding steroid dienone is 1.